The lowest BCUT2D eigenvalue weighted by Crippen LogP contribution is -2.12. The summed E-state index contributed by atoms with van der Waals surface area (Å²) >= 11 is 0. The molecule has 0 aliphatic heterocycles. The minimum Gasteiger partial charge on any atom is -0.496 e. The van der Waals surface area contributed by atoms with Gasteiger partial charge >= 0.3 is 0 Å². The third kappa shape index (κ3) is 6.99. The van der Waals surface area contributed by atoms with E-state index in [1.807, 2.05) is 0 Å². The maximum absolute atomic E-state index is 6.72. The van der Waals surface area contributed by atoms with Crippen LogP contribution in [0.1, 0.15) is 82.1 Å². The fourth-order valence-corrected chi connectivity index (χ4v) is 7.84. The molecule has 0 amide bonds. The predicted octanol–water partition coefficient (Wildman–Crippen LogP) is 13.3. The van der Waals surface area contributed by atoms with Crippen LogP contribution in [-0.2, 0) is 13.1 Å². The minimum absolute atomic E-state index is 0.528. The van der Waals surface area contributed by atoms with Crippen LogP contribution in [-0.4, -0.2) is 22.9 Å². The topological polar surface area (TPSA) is 28.3 Å². The van der Waals surface area contributed by atoms with Gasteiger partial charge in [0, 0.05) is 67.8 Å². The largest absolute Gasteiger partial charge is 0.496 e. The summed E-state index contributed by atoms with van der Waals surface area (Å²) < 4.78 is 17.5. The Morgan fingerprint density at radius 2 is 1.08 bits per heavy atom. The van der Waals surface area contributed by atoms with Crippen molar-refractivity contribution >= 4 is 67.9 Å². The number of benzene rings is 5. The SMILES string of the molecule is CCCCCC(CC)COc1cc(/C=C/c2ccc3c4ccccc4n(CC)c3c2)c(OC)cc1/C=C/c1ccc2c3ccccc3n(CC)c2c1. The molecule has 0 saturated carbocycles. The predicted molar refractivity (Wildman–Crippen MR) is 225 cm³/mol. The van der Waals surface area contributed by atoms with E-state index in [4.69, 9.17) is 9.47 Å². The second-order valence-electron chi connectivity index (χ2n) is 14.0. The number of aryl methyl sites for hydroxylation is 2. The lowest BCUT2D eigenvalue weighted by Gasteiger charge is -2.18. The number of rotatable bonds is 15. The summed E-state index contributed by atoms with van der Waals surface area (Å²) in [6.45, 7) is 11.5. The molecule has 0 aliphatic carbocycles. The molecule has 2 heterocycles. The Morgan fingerprint density at radius 1 is 0.558 bits per heavy atom. The summed E-state index contributed by atoms with van der Waals surface area (Å²) in [5.41, 5.74) is 9.40. The first-order valence-electron chi connectivity index (χ1n) is 19.3. The first-order valence-corrected chi connectivity index (χ1v) is 19.3. The van der Waals surface area contributed by atoms with Gasteiger partial charge in [-0.1, -0.05) is 124 Å². The van der Waals surface area contributed by atoms with Gasteiger partial charge in [-0.2, -0.15) is 0 Å². The van der Waals surface area contributed by atoms with Crippen LogP contribution in [0, 0.1) is 5.92 Å². The van der Waals surface area contributed by atoms with Crippen molar-refractivity contribution in [3.63, 3.8) is 0 Å². The van der Waals surface area contributed by atoms with Crippen molar-refractivity contribution in [2.24, 2.45) is 5.92 Å². The highest BCUT2D eigenvalue weighted by Gasteiger charge is 2.14. The number of ether oxygens (including phenoxy) is 2. The number of methoxy groups -OCH3 is 1. The highest BCUT2D eigenvalue weighted by atomic mass is 16.5. The molecule has 7 aromatic rings. The van der Waals surface area contributed by atoms with E-state index in [0.717, 1.165) is 53.3 Å². The van der Waals surface area contributed by atoms with Crippen molar-refractivity contribution < 1.29 is 9.47 Å². The third-order valence-electron chi connectivity index (χ3n) is 10.8. The van der Waals surface area contributed by atoms with Gasteiger partial charge in [0.25, 0.3) is 0 Å². The zero-order valence-electron chi connectivity index (χ0n) is 31.5. The first kappa shape index (κ1) is 35.2. The zero-order chi connectivity index (χ0) is 36.0. The molecule has 0 spiro atoms. The number of unbranched alkanes of at least 4 members (excludes halogenated alkanes) is 2. The van der Waals surface area contributed by atoms with Gasteiger partial charge in [-0.3, -0.25) is 0 Å². The molecule has 4 heteroatoms. The van der Waals surface area contributed by atoms with Gasteiger partial charge in [0.1, 0.15) is 11.5 Å². The summed E-state index contributed by atoms with van der Waals surface area (Å²) in [6.07, 6.45) is 14.8. The van der Waals surface area contributed by atoms with Crippen molar-refractivity contribution in [3.8, 4) is 11.5 Å². The second-order valence-corrected chi connectivity index (χ2v) is 14.0. The molecule has 0 N–H and O–H groups in total. The molecule has 0 aliphatic rings. The Labute approximate surface area is 309 Å². The van der Waals surface area contributed by atoms with E-state index in [1.54, 1.807) is 7.11 Å². The molecule has 52 heavy (non-hydrogen) atoms. The van der Waals surface area contributed by atoms with Crippen LogP contribution in [0.25, 0.3) is 67.9 Å². The molecule has 0 bridgehead atoms. The molecule has 2 aromatic heterocycles. The van der Waals surface area contributed by atoms with Gasteiger partial charge in [-0.25, -0.2) is 0 Å². The summed E-state index contributed by atoms with van der Waals surface area (Å²) in [5.74, 6) is 2.24. The third-order valence-corrected chi connectivity index (χ3v) is 10.8. The number of para-hydroxylation sites is 2. The van der Waals surface area contributed by atoms with E-state index in [-0.39, 0.29) is 0 Å². The molecule has 266 valence electrons. The van der Waals surface area contributed by atoms with E-state index < -0.39 is 0 Å². The van der Waals surface area contributed by atoms with Crippen LogP contribution >= 0.6 is 0 Å². The van der Waals surface area contributed by atoms with Crippen LogP contribution in [0.3, 0.4) is 0 Å². The Kier molecular flexibility index (Phi) is 10.8. The van der Waals surface area contributed by atoms with E-state index in [2.05, 4.69) is 158 Å². The second kappa shape index (κ2) is 16.0. The van der Waals surface area contributed by atoms with Crippen molar-refractivity contribution in [3.05, 3.63) is 119 Å². The van der Waals surface area contributed by atoms with Gasteiger partial charge < -0.3 is 18.6 Å². The highest BCUT2D eigenvalue weighted by molar-refractivity contribution is 6.09. The van der Waals surface area contributed by atoms with E-state index in [9.17, 15) is 0 Å². The van der Waals surface area contributed by atoms with Gasteiger partial charge in [0.15, 0.2) is 0 Å². The fourth-order valence-electron chi connectivity index (χ4n) is 7.84. The van der Waals surface area contributed by atoms with Crippen LogP contribution in [0.2, 0.25) is 0 Å². The molecule has 0 saturated heterocycles. The van der Waals surface area contributed by atoms with Gasteiger partial charge in [-0.05, 0) is 73.7 Å². The Hall–Kier alpha value is -5.22. The number of nitrogens with zero attached hydrogens (tertiary/aromatic N) is 2. The maximum atomic E-state index is 6.72. The fraction of sp³-hybridized carbons (Fsp3) is 0.292. The molecule has 5 aromatic carbocycles. The van der Waals surface area contributed by atoms with Crippen LogP contribution in [0.5, 0.6) is 11.5 Å². The first-order chi connectivity index (χ1) is 25.6. The summed E-state index contributed by atoms with van der Waals surface area (Å²) in [5, 5.41) is 5.19. The molecular weight excluding hydrogens is 637 g/mol. The molecular formula is C48H52N2O2. The quantitative estimate of drug-likeness (QED) is 0.0792. The Balaban J connectivity index is 1.24. The van der Waals surface area contributed by atoms with E-state index >= 15 is 0 Å². The lowest BCUT2D eigenvalue weighted by atomic mass is 9.99. The van der Waals surface area contributed by atoms with Crippen LogP contribution < -0.4 is 9.47 Å². The maximum Gasteiger partial charge on any atom is 0.127 e. The molecule has 1 atom stereocenters. The van der Waals surface area contributed by atoms with Crippen LogP contribution in [0.15, 0.2) is 97.1 Å². The van der Waals surface area contributed by atoms with Gasteiger partial charge in [0.05, 0.1) is 13.7 Å². The monoisotopic (exact) mass is 688 g/mol. The summed E-state index contributed by atoms with van der Waals surface area (Å²) in [4.78, 5) is 0. The van der Waals surface area contributed by atoms with E-state index in [0.29, 0.717) is 12.5 Å². The molecule has 7 rings (SSSR count). The number of aromatic nitrogens is 2. The number of fused-ring (bicyclic) bond motifs is 6. The van der Waals surface area contributed by atoms with Gasteiger partial charge in [0.2, 0.25) is 0 Å². The molecule has 1 unspecified atom stereocenters. The van der Waals surface area contributed by atoms with Gasteiger partial charge in [-0.15, -0.1) is 0 Å². The highest BCUT2D eigenvalue weighted by Crippen LogP contribution is 2.35. The minimum atomic E-state index is 0.528. The molecule has 4 nitrogen and oxygen atoms in total. The lowest BCUT2D eigenvalue weighted by molar-refractivity contribution is 0.232. The number of hydrogen-bond donors (Lipinski definition) is 0. The summed E-state index contributed by atoms with van der Waals surface area (Å²) in [7, 11) is 1.75. The standard InChI is InChI=1S/C48H52N2O2/c1-6-10-11-16-34(7-2)33-52-48-32-37(25-21-35-23-27-41-39-17-12-14-19-43(39)49(8-3)45(41)29-35)47(51-5)31-38(48)26-22-36-24-28-42-40-18-13-15-20-44(40)50(9-4)46(42)30-36/h12-15,17-32,34H,6-11,16,33H2,1-5H3/b25-21+,26-22+. The van der Waals surface area contributed by atoms with Crippen molar-refractivity contribution in [2.75, 3.05) is 13.7 Å². The van der Waals surface area contributed by atoms with Crippen molar-refractivity contribution in [1.82, 2.24) is 9.13 Å². The number of hydrogen-bond acceptors (Lipinski definition) is 2. The Bertz CT molecular complexity index is 2390. The van der Waals surface area contributed by atoms with Crippen molar-refractivity contribution in [2.45, 2.75) is 72.9 Å². The van der Waals surface area contributed by atoms with Crippen LogP contribution in [0.4, 0.5) is 0 Å². The smallest absolute Gasteiger partial charge is 0.127 e. The Morgan fingerprint density at radius 3 is 1.60 bits per heavy atom. The average molecular weight is 689 g/mol. The average Bonchev–Trinajstić information content (AvgIpc) is 3.68. The van der Waals surface area contributed by atoms with Crippen molar-refractivity contribution in [1.29, 1.82) is 0 Å². The molecule has 0 radical (unpaired) electrons. The van der Waals surface area contributed by atoms with E-state index in [1.165, 1.54) is 69.3 Å². The molecule has 0 fully saturated rings. The zero-order valence-corrected chi connectivity index (χ0v) is 31.5. The normalized spacial score (nSPS) is 12.7. The summed E-state index contributed by atoms with van der Waals surface area (Å²) in [6, 6.07) is 35.2.